The maximum atomic E-state index is 14.0. The van der Waals surface area contributed by atoms with Crippen LogP contribution < -0.4 is 19.2 Å². The summed E-state index contributed by atoms with van der Waals surface area (Å²) in [6.45, 7) is 0.172. The second-order valence-electron chi connectivity index (χ2n) is 12.5. The Morgan fingerprint density at radius 1 is 0.958 bits per heavy atom. The molecule has 6 unspecified atom stereocenters. The molecule has 0 radical (unpaired) electrons. The lowest BCUT2D eigenvalue weighted by molar-refractivity contribution is -0.137. The summed E-state index contributed by atoms with van der Waals surface area (Å²) in [5, 5.41) is 1.63. The van der Waals surface area contributed by atoms with Gasteiger partial charge in [0.1, 0.15) is 6.61 Å². The number of carbonyl (C=O) groups excluding carboxylic acids is 2. The van der Waals surface area contributed by atoms with Crippen LogP contribution in [0.15, 0.2) is 70.5 Å². The van der Waals surface area contributed by atoms with Gasteiger partial charge in [0.2, 0.25) is 11.8 Å². The summed E-state index contributed by atoms with van der Waals surface area (Å²) < 4.78 is 52.4. The van der Waals surface area contributed by atoms with Crippen LogP contribution in [0, 0.1) is 29.6 Å². The second kappa shape index (κ2) is 11.6. The molecule has 1 N–H and O–H groups in total. The molecule has 1 aromatic heterocycles. The van der Waals surface area contributed by atoms with E-state index in [-0.39, 0.29) is 46.1 Å². The van der Waals surface area contributed by atoms with Crippen LogP contribution in [0.3, 0.4) is 0 Å². The minimum absolute atomic E-state index is 0.0653. The normalized spacial score (nSPS) is 27.2. The number of thiazole rings is 1. The Morgan fingerprint density at radius 3 is 2.46 bits per heavy atom. The molecule has 7 atom stereocenters. The van der Waals surface area contributed by atoms with Crippen LogP contribution in [-0.4, -0.2) is 29.2 Å². The molecule has 2 amide bonds. The average molecular weight is 734 g/mol. The smallest absolute Gasteiger partial charge is 0.416 e. The number of halogens is 5. The number of nitrogens with one attached hydrogen (secondary N) is 1. The Morgan fingerprint density at radius 2 is 1.73 bits per heavy atom. The van der Waals surface area contributed by atoms with Gasteiger partial charge in [-0.3, -0.25) is 19.3 Å². The molecule has 2 aliphatic carbocycles. The first kappa shape index (κ1) is 31.8. The van der Waals surface area contributed by atoms with Crippen molar-refractivity contribution < 1.29 is 32.2 Å². The Labute approximate surface area is 290 Å². The summed E-state index contributed by atoms with van der Waals surface area (Å²) in [6, 6.07) is 15.1. The van der Waals surface area contributed by atoms with Gasteiger partial charge in [0.15, 0.2) is 11.5 Å². The van der Waals surface area contributed by atoms with Crippen molar-refractivity contribution in [1.82, 2.24) is 4.98 Å². The predicted octanol–water partition coefficient (Wildman–Crippen LogP) is 8.03. The van der Waals surface area contributed by atoms with Gasteiger partial charge in [-0.1, -0.05) is 52.7 Å². The van der Waals surface area contributed by atoms with E-state index in [2.05, 4.69) is 4.98 Å². The summed E-state index contributed by atoms with van der Waals surface area (Å²) in [5.74, 6) is -2.05. The van der Waals surface area contributed by atoms with Crippen LogP contribution in [0.25, 0.3) is 0 Å². The number of thioether (sulfide) groups is 1. The van der Waals surface area contributed by atoms with Crippen molar-refractivity contribution in [2.24, 2.45) is 29.6 Å². The SMILES string of the molecule is COc1cc([C@H]2c3sc(=O)[nH]c3SC3C4CC(C5C(=O)N(c6cccc(C(F)(F)F)c6)C(=O)C45)C32)ccc1OCc1ccc(Cl)cc1Cl. The molecule has 2 aliphatic heterocycles. The molecule has 4 aliphatic rings. The minimum atomic E-state index is -4.62. The van der Waals surface area contributed by atoms with Crippen LogP contribution in [0.4, 0.5) is 18.9 Å². The second-order valence-corrected chi connectivity index (χ2v) is 15.5. The van der Waals surface area contributed by atoms with Crippen LogP contribution in [0.1, 0.15) is 33.9 Å². The van der Waals surface area contributed by atoms with Crippen molar-refractivity contribution >= 4 is 63.8 Å². The first-order valence-electron chi connectivity index (χ1n) is 15.1. The highest BCUT2D eigenvalue weighted by Crippen LogP contribution is 2.69. The number of nitrogens with zero attached hydrogens (tertiary/aromatic N) is 1. The molecule has 3 fully saturated rings. The minimum Gasteiger partial charge on any atom is -0.493 e. The molecule has 48 heavy (non-hydrogen) atoms. The lowest BCUT2D eigenvalue weighted by Crippen LogP contribution is -2.42. The van der Waals surface area contributed by atoms with Gasteiger partial charge in [0.05, 0.1) is 35.2 Å². The quantitative estimate of drug-likeness (QED) is 0.202. The third-order valence-electron chi connectivity index (χ3n) is 10.1. The summed E-state index contributed by atoms with van der Waals surface area (Å²) in [5.41, 5.74) is 0.624. The third-order valence-corrected chi connectivity index (χ3v) is 13.3. The topological polar surface area (TPSA) is 88.7 Å². The predicted molar refractivity (Wildman–Crippen MR) is 176 cm³/mol. The molecule has 2 saturated carbocycles. The van der Waals surface area contributed by atoms with E-state index in [0.29, 0.717) is 28.0 Å². The highest BCUT2D eigenvalue weighted by Gasteiger charge is 2.69. The zero-order valence-electron chi connectivity index (χ0n) is 24.9. The van der Waals surface area contributed by atoms with Gasteiger partial charge in [-0.05, 0) is 72.2 Å². The number of methoxy groups -OCH3 is 1. The van der Waals surface area contributed by atoms with E-state index in [4.69, 9.17) is 32.7 Å². The molecule has 4 aromatic rings. The highest BCUT2D eigenvalue weighted by atomic mass is 35.5. The third kappa shape index (κ3) is 4.97. The zero-order chi connectivity index (χ0) is 33.6. The number of hydrogen-bond acceptors (Lipinski definition) is 7. The number of aromatic nitrogens is 1. The number of carbonyl (C=O) groups is 2. The number of hydrogen-bond donors (Lipinski definition) is 1. The van der Waals surface area contributed by atoms with E-state index in [1.54, 1.807) is 24.3 Å². The molecule has 3 heterocycles. The summed E-state index contributed by atoms with van der Waals surface area (Å²) in [7, 11) is 1.54. The number of imide groups is 1. The van der Waals surface area contributed by atoms with E-state index >= 15 is 0 Å². The van der Waals surface area contributed by atoms with Gasteiger partial charge in [-0.25, -0.2) is 0 Å². The van der Waals surface area contributed by atoms with Crippen LogP contribution in [0.2, 0.25) is 10.0 Å². The van der Waals surface area contributed by atoms with Crippen molar-refractivity contribution in [1.29, 1.82) is 0 Å². The number of fused-ring (bicyclic) bond motifs is 9. The Bertz CT molecular complexity index is 2050. The van der Waals surface area contributed by atoms with Crippen molar-refractivity contribution in [2.45, 2.75) is 35.4 Å². The molecular formula is C34H25Cl2F3N2O5S2. The summed E-state index contributed by atoms with van der Waals surface area (Å²) in [4.78, 5) is 45.1. The molecule has 3 aromatic carbocycles. The van der Waals surface area contributed by atoms with Crippen LogP contribution in [0.5, 0.6) is 11.5 Å². The van der Waals surface area contributed by atoms with Gasteiger partial charge in [0, 0.05) is 31.7 Å². The summed E-state index contributed by atoms with van der Waals surface area (Å²) in [6.07, 6.45) is -3.98. The molecule has 14 heteroatoms. The number of benzene rings is 3. The number of ether oxygens (including phenoxy) is 2. The fraction of sp³-hybridized carbons (Fsp3) is 0.324. The van der Waals surface area contributed by atoms with E-state index in [0.717, 1.165) is 49.4 Å². The fourth-order valence-corrected chi connectivity index (χ4v) is 11.6. The van der Waals surface area contributed by atoms with Crippen molar-refractivity contribution in [3.05, 3.63) is 102 Å². The Balaban J connectivity index is 1.14. The van der Waals surface area contributed by atoms with E-state index in [9.17, 15) is 27.6 Å². The Kier molecular flexibility index (Phi) is 7.66. The van der Waals surface area contributed by atoms with Crippen molar-refractivity contribution in [3.63, 3.8) is 0 Å². The number of aromatic amines is 1. The first-order valence-corrected chi connectivity index (χ1v) is 17.6. The fourth-order valence-electron chi connectivity index (χ4n) is 8.26. The van der Waals surface area contributed by atoms with Gasteiger partial charge in [0.25, 0.3) is 0 Å². The van der Waals surface area contributed by atoms with Gasteiger partial charge < -0.3 is 14.5 Å². The number of anilines is 1. The number of amides is 2. The lowest BCUT2D eigenvalue weighted by atomic mass is 9.68. The van der Waals surface area contributed by atoms with Crippen LogP contribution >= 0.6 is 46.3 Å². The van der Waals surface area contributed by atoms with Crippen molar-refractivity contribution in [2.75, 3.05) is 12.0 Å². The van der Waals surface area contributed by atoms with E-state index < -0.39 is 35.4 Å². The van der Waals surface area contributed by atoms with E-state index in [1.807, 2.05) is 12.1 Å². The molecule has 7 nitrogen and oxygen atoms in total. The number of H-pyrrole nitrogens is 1. The maximum Gasteiger partial charge on any atom is 0.416 e. The number of rotatable bonds is 6. The molecule has 8 rings (SSSR count). The largest absolute Gasteiger partial charge is 0.493 e. The van der Waals surface area contributed by atoms with Crippen LogP contribution in [-0.2, 0) is 22.4 Å². The standard InChI is InChI=1S/C34H25Cl2F3N2O5S2/c1-45-23-9-14(6-8-22(23)46-13-15-5-7-17(35)11-21(15)36)24-25-19-12-20(28(25)47-30-29(24)48-33(44)40-30)27-26(19)31(42)41(32(27)43)18-4-2-3-16(10-18)34(37,38)39/h2-11,19-20,24-28H,12-13H2,1H3,(H,40,44)/t19?,20?,24-,25?,26?,27?,28?/m1/s1. The van der Waals surface area contributed by atoms with Gasteiger partial charge in [-0.15, -0.1) is 11.8 Å². The molecule has 1 saturated heterocycles. The monoisotopic (exact) mass is 732 g/mol. The van der Waals surface area contributed by atoms with Gasteiger partial charge in [-0.2, -0.15) is 13.2 Å². The van der Waals surface area contributed by atoms with Gasteiger partial charge >= 0.3 is 11.0 Å². The zero-order valence-corrected chi connectivity index (χ0v) is 28.1. The maximum absolute atomic E-state index is 14.0. The molecule has 248 valence electrons. The van der Waals surface area contributed by atoms with E-state index in [1.165, 1.54) is 31.0 Å². The van der Waals surface area contributed by atoms with Crippen molar-refractivity contribution in [3.8, 4) is 11.5 Å². The molecule has 0 spiro atoms. The molecular weight excluding hydrogens is 708 g/mol. The highest BCUT2D eigenvalue weighted by molar-refractivity contribution is 8.00. The first-order chi connectivity index (χ1) is 22.9. The average Bonchev–Trinajstić information content (AvgIpc) is 3.79. The Hall–Kier alpha value is -3.45. The summed E-state index contributed by atoms with van der Waals surface area (Å²) >= 11 is 15.0. The number of alkyl halides is 3. The lowest BCUT2D eigenvalue weighted by Gasteiger charge is -2.43. The molecule has 2 bridgehead atoms.